The summed E-state index contributed by atoms with van der Waals surface area (Å²) in [7, 11) is 0. The van der Waals surface area contributed by atoms with Crippen LogP contribution in [-0.4, -0.2) is 31.2 Å². The number of rotatable bonds is 10. The molecule has 1 aliphatic rings. The molecule has 0 amide bonds. The summed E-state index contributed by atoms with van der Waals surface area (Å²) in [6.45, 7) is 3.04. The van der Waals surface area contributed by atoms with Crippen molar-refractivity contribution in [2.24, 2.45) is 10.2 Å². The third-order valence-electron chi connectivity index (χ3n) is 5.96. The number of nitrogens with zero attached hydrogens (tertiary/aromatic N) is 3. The van der Waals surface area contributed by atoms with Crippen LogP contribution in [0.5, 0.6) is 11.5 Å². The molecule has 5 nitrogen and oxygen atoms in total. The van der Waals surface area contributed by atoms with E-state index in [0.717, 1.165) is 42.4 Å². The predicted molar refractivity (Wildman–Crippen MR) is 146 cm³/mol. The molecular formula is C31H29N3O2. The normalized spacial score (nSPS) is 12.9. The van der Waals surface area contributed by atoms with Crippen molar-refractivity contribution in [2.75, 3.05) is 26.3 Å². The summed E-state index contributed by atoms with van der Waals surface area (Å²) in [6.07, 6.45) is 9.17. The maximum atomic E-state index is 5.93. The Hall–Kier alpha value is -4.38. The molecule has 0 N–H and O–H groups in total. The first-order valence-electron chi connectivity index (χ1n) is 12.2. The van der Waals surface area contributed by atoms with Gasteiger partial charge < -0.3 is 14.4 Å². The summed E-state index contributed by atoms with van der Waals surface area (Å²) >= 11 is 0. The number of fused-ring (bicyclic) bond motifs is 1. The van der Waals surface area contributed by atoms with Crippen molar-refractivity contribution in [1.82, 2.24) is 4.90 Å². The summed E-state index contributed by atoms with van der Waals surface area (Å²) in [5.41, 5.74) is 2.83. The maximum Gasteiger partial charge on any atom is 0.119 e. The monoisotopic (exact) mass is 475 g/mol. The minimum absolute atomic E-state index is 0.624. The Morgan fingerprint density at radius 1 is 0.667 bits per heavy atom. The quantitative estimate of drug-likeness (QED) is 0.221. The molecule has 180 valence electrons. The lowest BCUT2D eigenvalue weighted by Gasteiger charge is -2.20. The molecule has 0 saturated heterocycles. The highest BCUT2D eigenvalue weighted by Gasteiger charge is 2.02. The molecule has 0 aliphatic carbocycles. The second-order valence-electron chi connectivity index (χ2n) is 8.58. The minimum atomic E-state index is 0.624. The predicted octanol–water partition coefficient (Wildman–Crippen LogP) is 7.64. The Kier molecular flexibility index (Phi) is 7.69. The Morgan fingerprint density at radius 2 is 1.33 bits per heavy atom. The Labute approximate surface area is 212 Å². The van der Waals surface area contributed by atoms with E-state index in [1.54, 1.807) is 0 Å². The van der Waals surface area contributed by atoms with Gasteiger partial charge in [-0.2, -0.15) is 10.2 Å². The SMILES string of the molecule is C1=CCN(CCOc2ccc(/N=N/c3ccc(OCCc4ccc5ccccc5c4)cc3)cc2)C=C1. The van der Waals surface area contributed by atoms with Gasteiger partial charge in [-0.25, -0.2) is 0 Å². The lowest BCUT2D eigenvalue weighted by Crippen LogP contribution is -2.24. The highest BCUT2D eigenvalue weighted by atomic mass is 16.5. The fraction of sp³-hybridized carbons (Fsp3) is 0.161. The van der Waals surface area contributed by atoms with E-state index < -0.39 is 0 Å². The van der Waals surface area contributed by atoms with Crippen molar-refractivity contribution in [1.29, 1.82) is 0 Å². The zero-order valence-corrected chi connectivity index (χ0v) is 20.2. The van der Waals surface area contributed by atoms with Crippen molar-refractivity contribution in [2.45, 2.75) is 6.42 Å². The van der Waals surface area contributed by atoms with Gasteiger partial charge in [0.15, 0.2) is 0 Å². The third kappa shape index (κ3) is 6.60. The Balaban J connectivity index is 1.06. The molecule has 4 aromatic carbocycles. The van der Waals surface area contributed by atoms with Crippen LogP contribution in [0.1, 0.15) is 5.56 Å². The van der Waals surface area contributed by atoms with Crippen LogP contribution in [0.4, 0.5) is 11.4 Å². The molecule has 0 aromatic heterocycles. The van der Waals surface area contributed by atoms with Crippen molar-refractivity contribution in [3.05, 3.63) is 121 Å². The largest absolute Gasteiger partial charge is 0.493 e. The number of ether oxygens (including phenoxy) is 2. The molecule has 0 unspecified atom stereocenters. The number of hydrogen-bond donors (Lipinski definition) is 0. The van der Waals surface area contributed by atoms with Gasteiger partial charge in [0.2, 0.25) is 0 Å². The van der Waals surface area contributed by atoms with Gasteiger partial charge in [0.05, 0.1) is 24.5 Å². The lowest BCUT2D eigenvalue weighted by atomic mass is 10.1. The van der Waals surface area contributed by atoms with E-state index in [1.165, 1.54) is 16.3 Å². The van der Waals surface area contributed by atoms with E-state index in [2.05, 4.69) is 75.9 Å². The van der Waals surface area contributed by atoms with Crippen molar-refractivity contribution in [3.8, 4) is 11.5 Å². The molecule has 1 aliphatic heterocycles. The zero-order valence-electron chi connectivity index (χ0n) is 20.2. The lowest BCUT2D eigenvalue weighted by molar-refractivity contribution is 0.263. The van der Waals surface area contributed by atoms with Crippen LogP contribution in [0.15, 0.2) is 126 Å². The van der Waals surface area contributed by atoms with E-state index in [0.29, 0.717) is 13.2 Å². The smallest absolute Gasteiger partial charge is 0.119 e. The first-order valence-corrected chi connectivity index (χ1v) is 12.2. The molecule has 1 heterocycles. The highest BCUT2D eigenvalue weighted by Crippen LogP contribution is 2.23. The van der Waals surface area contributed by atoms with Crippen LogP contribution in [0, 0.1) is 0 Å². The average Bonchev–Trinajstić information content (AvgIpc) is 2.94. The van der Waals surface area contributed by atoms with Crippen LogP contribution in [0.2, 0.25) is 0 Å². The van der Waals surface area contributed by atoms with E-state index in [9.17, 15) is 0 Å². The minimum Gasteiger partial charge on any atom is -0.493 e. The van der Waals surface area contributed by atoms with E-state index >= 15 is 0 Å². The summed E-state index contributed by atoms with van der Waals surface area (Å²) in [5, 5.41) is 11.2. The maximum absolute atomic E-state index is 5.93. The second-order valence-corrected chi connectivity index (χ2v) is 8.58. The first-order chi connectivity index (χ1) is 17.8. The van der Waals surface area contributed by atoms with Crippen molar-refractivity contribution in [3.63, 3.8) is 0 Å². The Bertz CT molecular complexity index is 1360. The molecule has 0 atom stereocenters. The molecule has 0 saturated carbocycles. The average molecular weight is 476 g/mol. The van der Waals surface area contributed by atoms with Gasteiger partial charge in [-0.15, -0.1) is 0 Å². The van der Waals surface area contributed by atoms with Gasteiger partial charge in [-0.1, -0.05) is 54.6 Å². The molecule has 4 aromatic rings. The van der Waals surface area contributed by atoms with Crippen LogP contribution >= 0.6 is 0 Å². The van der Waals surface area contributed by atoms with E-state index in [-0.39, 0.29) is 0 Å². The molecule has 5 rings (SSSR count). The Morgan fingerprint density at radius 3 is 2.00 bits per heavy atom. The van der Waals surface area contributed by atoms with Crippen molar-refractivity contribution >= 4 is 22.1 Å². The van der Waals surface area contributed by atoms with Gasteiger partial charge in [-0.05, 0) is 77.1 Å². The third-order valence-corrected chi connectivity index (χ3v) is 5.96. The van der Waals surface area contributed by atoms with Gasteiger partial charge in [-0.3, -0.25) is 0 Å². The summed E-state index contributed by atoms with van der Waals surface area (Å²) in [5.74, 6) is 1.66. The van der Waals surface area contributed by atoms with Crippen LogP contribution in [-0.2, 0) is 6.42 Å². The number of azo groups is 1. The summed E-state index contributed by atoms with van der Waals surface area (Å²) < 4.78 is 11.8. The van der Waals surface area contributed by atoms with E-state index in [4.69, 9.17) is 9.47 Å². The van der Waals surface area contributed by atoms with Gasteiger partial charge >= 0.3 is 0 Å². The van der Waals surface area contributed by atoms with Gasteiger partial charge in [0.1, 0.15) is 18.1 Å². The van der Waals surface area contributed by atoms with E-state index in [1.807, 2.05) is 54.6 Å². The molecule has 0 spiro atoms. The molecule has 0 fully saturated rings. The molecular weight excluding hydrogens is 446 g/mol. The number of allylic oxidation sites excluding steroid dienone is 2. The first kappa shape index (κ1) is 23.4. The number of benzene rings is 4. The van der Waals surface area contributed by atoms with Gasteiger partial charge in [0, 0.05) is 13.0 Å². The molecule has 36 heavy (non-hydrogen) atoms. The summed E-state index contributed by atoms with van der Waals surface area (Å²) in [4.78, 5) is 2.21. The fourth-order valence-corrected chi connectivity index (χ4v) is 3.97. The fourth-order valence-electron chi connectivity index (χ4n) is 3.97. The van der Waals surface area contributed by atoms with Crippen molar-refractivity contribution < 1.29 is 9.47 Å². The van der Waals surface area contributed by atoms with Crippen LogP contribution in [0.3, 0.4) is 0 Å². The van der Waals surface area contributed by atoms with Crippen LogP contribution in [0.25, 0.3) is 10.8 Å². The molecule has 5 heteroatoms. The number of hydrogen-bond acceptors (Lipinski definition) is 5. The topological polar surface area (TPSA) is 46.4 Å². The molecule has 0 bridgehead atoms. The van der Waals surface area contributed by atoms with Gasteiger partial charge in [0.25, 0.3) is 0 Å². The zero-order chi connectivity index (χ0) is 24.4. The highest BCUT2D eigenvalue weighted by molar-refractivity contribution is 5.83. The van der Waals surface area contributed by atoms with Crippen LogP contribution < -0.4 is 9.47 Å². The second kappa shape index (κ2) is 11.8. The summed E-state index contributed by atoms with van der Waals surface area (Å²) in [6, 6.07) is 30.3. The standard InChI is InChI=1S/C31H29N3O2/c1-4-19-34(20-5-1)21-23-36-31-16-12-29(13-17-31)33-32-28-10-14-30(15-11-28)35-22-18-25-8-9-26-6-2-3-7-27(26)24-25/h1-17,19,24H,18,20-23H2/b33-32+. The molecule has 0 radical (unpaired) electrons.